The quantitative estimate of drug-likeness (QED) is 0.646. The third kappa shape index (κ3) is 4.08. The van der Waals surface area contributed by atoms with E-state index in [2.05, 4.69) is 0 Å². The van der Waals surface area contributed by atoms with Crippen molar-refractivity contribution in [3.05, 3.63) is 58.7 Å². The van der Waals surface area contributed by atoms with Crippen LogP contribution in [0.15, 0.2) is 30.3 Å². The van der Waals surface area contributed by atoms with E-state index in [0.717, 1.165) is 12.1 Å². The lowest BCUT2D eigenvalue weighted by Gasteiger charge is -2.15. The normalized spacial score (nSPS) is 10.5. The van der Waals surface area contributed by atoms with Crippen LogP contribution in [0.25, 0.3) is 0 Å². The zero-order chi connectivity index (χ0) is 17.7. The molecule has 24 heavy (non-hydrogen) atoms. The molecule has 0 aliphatic carbocycles. The monoisotopic (exact) mass is 336 g/mol. The van der Waals surface area contributed by atoms with Gasteiger partial charge in [0.15, 0.2) is 11.6 Å². The largest absolute Gasteiger partial charge is 0.486 e. The van der Waals surface area contributed by atoms with E-state index in [-0.39, 0.29) is 36.7 Å². The molecular weight excluding hydrogens is 318 g/mol. The van der Waals surface area contributed by atoms with Crippen LogP contribution in [0.2, 0.25) is 0 Å². The summed E-state index contributed by atoms with van der Waals surface area (Å²) in [7, 11) is 0. The number of carbonyl (C=O) groups excluding carboxylic acids is 1. The fraction of sp³-hybridized carbons (Fsp3) is 0.278. The summed E-state index contributed by atoms with van der Waals surface area (Å²) < 4.78 is 38.0. The molecule has 2 rings (SSSR count). The van der Waals surface area contributed by atoms with Crippen LogP contribution in [0.5, 0.6) is 11.5 Å². The molecule has 0 heterocycles. The molecule has 0 fully saturated rings. The molecule has 0 spiro atoms. The van der Waals surface area contributed by atoms with Crippen LogP contribution in [0.4, 0.5) is 8.78 Å². The first-order valence-electron chi connectivity index (χ1n) is 7.47. The number of hydrogen-bond acceptors (Lipinski definition) is 4. The minimum Gasteiger partial charge on any atom is -0.486 e. The van der Waals surface area contributed by atoms with Crippen LogP contribution >= 0.6 is 0 Å². The van der Waals surface area contributed by atoms with Crippen molar-refractivity contribution in [1.29, 1.82) is 0 Å². The van der Waals surface area contributed by atoms with Crippen LogP contribution in [0, 0.1) is 18.6 Å². The number of benzene rings is 2. The maximum Gasteiger partial charge on any atom is 0.310 e. The molecule has 0 saturated carbocycles. The Hall–Kier alpha value is -2.47. The molecule has 0 atom stereocenters. The van der Waals surface area contributed by atoms with Crippen molar-refractivity contribution in [2.75, 3.05) is 0 Å². The number of aliphatic hydroxyl groups excluding tert-OH is 1. The Morgan fingerprint density at radius 3 is 2.58 bits per heavy atom. The molecule has 0 amide bonds. The number of rotatable bonds is 6. The highest BCUT2D eigenvalue weighted by molar-refractivity contribution is 5.72. The molecule has 6 heteroatoms. The second kappa shape index (κ2) is 7.88. The standard InChI is InChI=1S/C18H18F2O4/c1-3-18(22)24-16-6-4-5-12(9-21)13(16)10-23-17-8-14(19)11(2)7-15(17)20/h4-8,21H,3,9-10H2,1-2H3. The van der Waals surface area contributed by atoms with E-state index >= 15 is 0 Å². The van der Waals surface area contributed by atoms with Crippen LogP contribution in [-0.2, 0) is 18.0 Å². The number of ether oxygens (including phenoxy) is 2. The van der Waals surface area contributed by atoms with Gasteiger partial charge < -0.3 is 14.6 Å². The molecule has 0 aromatic heterocycles. The van der Waals surface area contributed by atoms with E-state index in [0.29, 0.717) is 11.1 Å². The van der Waals surface area contributed by atoms with Gasteiger partial charge in [-0.15, -0.1) is 0 Å². The number of aryl methyl sites for hydroxylation is 1. The molecule has 0 radical (unpaired) electrons. The summed E-state index contributed by atoms with van der Waals surface area (Å²) in [5.74, 6) is -1.75. The molecule has 0 saturated heterocycles. The summed E-state index contributed by atoms with van der Waals surface area (Å²) in [4.78, 5) is 11.5. The van der Waals surface area contributed by atoms with Crippen LogP contribution < -0.4 is 9.47 Å². The highest BCUT2D eigenvalue weighted by Gasteiger charge is 2.15. The number of hydrogen-bond donors (Lipinski definition) is 1. The van der Waals surface area contributed by atoms with E-state index in [1.165, 1.54) is 6.92 Å². The van der Waals surface area contributed by atoms with Crippen molar-refractivity contribution in [1.82, 2.24) is 0 Å². The van der Waals surface area contributed by atoms with E-state index in [9.17, 15) is 18.7 Å². The third-order valence-electron chi connectivity index (χ3n) is 3.50. The molecule has 1 N–H and O–H groups in total. The Labute approximate surface area is 138 Å². The average Bonchev–Trinajstić information content (AvgIpc) is 2.57. The van der Waals surface area contributed by atoms with Gasteiger partial charge in [0, 0.05) is 18.1 Å². The van der Waals surface area contributed by atoms with Crippen molar-refractivity contribution >= 4 is 5.97 Å². The van der Waals surface area contributed by atoms with Gasteiger partial charge in [-0.3, -0.25) is 4.79 Å². The van der Waals surface area contributed by atoms with Gasteiger partial charge in [0.2, 0.25) is 0 Å². The lowest BCUT2D eigenvalue weighted by molar-refractivity contribution is -0.134. The smallest absolute Gasteiger partial charge is 0.310 e. The maximum absolute atomic E-state index is 13.9. The minimum atomic E-state index is -0.692. The van der Waals surface area contributed by atoms with E-state index in [1.807, 2.05) is 0 Å². The second-order valence-corrected chi connectivity index (χ2v) is 5.20. The fourth-order valence-electron chi connectivity index (χ4n) is 2.10. The molecule has 0 bridgehead atoms. The molecular formula is C18H18F2O4. The molecule has 4 nitrogen and oxygen atoms in total. The van der Waals surface area contributed by atoms with Crippen LogP contribution in [0.3, 0.4) is 0 Å². The Bertz CT molecular complexity index is 744. The first-order chi connectivity index (χ1) is 11.5. The average molecular weight is 336 g/mol. The highest BCUT2D eigenvalue weighted by Crippen LogP contribution is 2.27. The summed E-state index contributed by atoms with van der Waals surface area (Å²) in [6.07, 6.45) is 0.182. The maximum atomic E-state index is 13.9. The van der Waals surface area contributed by atoms with Gasteiger partial charge in [-0.05, 0) is 30.2 Å². The molecule has 0 aliphatic rings. The van der Waals surface area contributed by atoms with E-state index in [4.69, 9.17) is 9.47 Å². The predicted octanol–water partition coefficient (Wildman–Crippen LogP) is 3.66. The fourth-order valence-corrected chi connectivity index (χ4v) is 2.10. The van der Waals surface area contributed by atoms with Crippen molar-refractivity contribution in [3.63, 3.8) is 0 Å². The molecule has 0 aliphatic heterocycles. The third-order valence-corrected chi connectivity index (χ3v) is 3.50. The molecule has 2 aromatic carbocycles. The van der Waals surface area contributed by atoms with Crippen molar-refractivity contribution in [2.45, 2.75) is 33.5 Å². The number of carbonyl (C=O) groups is 1. The van der Waals surface area contributed by atoms with Crippen LogP contribution in [0.1, 0.15) is 30.0 Å². The van der Waals surface area contributed by atoms with Gasteiger partial charge in [-0.1, -0.05) is 19.1 Å². The topological polar surface area (TPSA) is 55.8 Å². The summed E-state index contributed by atoms with van der Waals surface area (Å²) in [6, 6.07) is 6.82. The Balaban J connectivity index is 2.28. The van der Waals surface area contributed by atoms with Gasteiger partial charge in [0.05, 0.1) is 6.61 Å². The zero-order valence-electron chi connectivity index (χ0n) is 13.4. The van der Waals surface area contributed by atoms with E-state index < -0.39 is 17.6 Å². The first kappa shape index (κ1) is 17.9. The van der Waals surface area contributed by atoms with E-state index in [1.54, 1.807) is 25.1 Å². The molecule has 0 unspecified atom stereocenters. The van der Waals surface area contributed by atoms with Crippen molar-refractivity contribution in [3.8, 4) is 11.5 Å². The summed E-state index contributed by atoms with van der Waals surface area (Å²) in [6.45, 7) is 2.62. The van der Waals surface area contributed by atoms with Crippen LogP contribution in [-0.4, -0.2) is 11.1 Å². The number of halogens is 2. The first-order valence-corrected chi connectivity index (χ1v) is 7.47. The van der Waals surface area contributed by atoms with Gasteiger partial charge >= 0.3 is 5.97 Å². The zero-order valence-corrected chi connectivity index (χ0v) is 13.4. The van der Waals surface area contributed by atoms with Crippen molar-refractivity contribution in [2.24, 2.45) is 0 Å². The predicted molar refractivity (Wildman–Crippen MR) is 83.7 cm³/mol. The molecule has 128 valence electrons. The number of esters is 1. The minimum absolute atomic E-state index is 0.174. The lowest BCUT2D eigenvalue weighted by atomic mass is 10.1. The lowest BCUT2D eigenvalue weighted by Crippen LogP contribution is -2.10. The number of aliphatic hydroxyl groups is 1. The SMILES string of the molecule is CCC(=O)Oc1cccc(CO)c1COc1cc(F)c(C)cc1F. The van der Waals surface area contributed by atoms with Crippen molar-refractivity contribution < 1.29 is 28.2 Å². The summed E-state index contributed by atoms with van der Waals surface area (Å²) in [5, 5.41) is 9.44. The Morgan fingerprint density at radius 1 is 1.17 bits per heavy atom. The Kier molecular flexibility index (Phi) is 5.87. The Morgan fingerprint density at radius 2 is 1.92 bits per heavy atom. The van der Waals surface area contributed by atoms with Gasteiger partial charge in [-0.25, -0.2) is 8.78 Å². The second-order valence-electron chi connectivity index (χ2n) is 5.20. The van der Waals surface area contributed by atoms with Gasteiger partial charge in [0.1, 0.15) is 18.2 Å². The molecule has 2 aromatic rings. The van der Waals surface area contributed by atoms with Gasteiger partial charge in [0.25, 0.3) is 0 Å². The highest BCUT2D eigenvalue weighted by atomic mass is 19.1. The summed E-state index contributed by atoms with van der Waals surface area (Å²) in [5.41, 5.74) is 1.06. The summed E-state index contributed by atoms with van der Waals surface area (Å²) >= 11 is 0. The van der Waals surface area contributed by atoms with Gasteiger partial charge in [-0.2, -0.15) is 0 Å².